The molecule has 0 aromatic heterocycles. The van der Waals surface area contributed by atoms with Gasteiger partial charge in [-0.05, 0) is 49.6 Å². The number of anilines is 1. The third kappa shape index (κ3) is 5.81. The number of amides is 1. The summed E-state index contributed by atoms with van der Waals surface area (Å²) in [6.45, 7) is 5.60. The summed E-state index contributed by atoms with van der Waals surface area (Å²) < 4.78 is 26.5. The number of halogens is 1. The van der Waals surface area contributed by atoms with Gasteiger partial charge in [0.15, 0.2) is 0 Å². The van der Waals surface area contributed by atoms with Crippen LogP contribution in [0, 0.1) is 13.8 Å². The van der Waals surface area contributed by atoms with Gasteiger partial charge in [0.05, 0.1) is 18.0 Å². The fraction of sp³-hybridized carbons (Fsp3) is 0.350. The van der Waals surface area contributed by atoms with Gasteiger partial charge in [-0.2, -0.15) is 0 Å². The number of nitrogens with one attached hydrogen (secondary N) is 1. The maximum atomic E-state index is 12.6. The van der Waals surface area contributed by atoms with Crippen LogP contribution < -0.4 is 9.62 Å². The van der Waals surface area contributed by atoms with Crippen LogP contribution in [0.4, 0.5) is 5.69 Å². The van der Waals surface area contributed by atoms with Gasteiger partial charge in [0.1, 0.15) is 6.54 Å². The molecule has 0 fully saturated rings. The van der Waals surface area contributed by atoms with Gasteiger partial charge in [0.2, 0.25) is 15.9 Å². The standard InChI is InChI=1S/C20H25BrN2O3S/c1-5-19(16-8-6-14(2)7-9-16)22-20(24)13-23(27(4,25)26)17-10-11-18(21)15(3)12-17/h6-12,19H,5,13H2,1-4H3,(H,22,24). The normalized spacial score (nSPS) is 12.5. The number of carbonyl (C=O) groups excluding carboxylic acids is 1. The SMILES string of the molecule is CCC(NC(=O)CN(c1ccc(Br)c(C)c1)S(C)(=O)=O)c1ccc(C)cc1. The monoisotopic (exact) mass is 452 g/mol. The molecule has 0 aliphatic heterocycles. The zero-order valence-electron chi connectivity index (χ0n) is 16.0. The van der Waals surface area contributed by atoms with Gasteiger partial charge in [-0.15, -0.1) is 0 Å². The van der Waals surface area contributed by atoms with E-state index >= 15 is 0 Å². The Bertz CT molecular complexity index is 911. The van der Waals surface area contributed by atoms with Crippen LogP contribution in [-0.4, -0.2) is 27.1 Å². The number of carbonyl (C=O) groups is 1. The van der Waals surface area contributed by atoms with E-state index in [1.54, 1.807) is 18.2 Å². The smallest absolute Gasteiger partial charge is 0.241 e. The Hall–Kier alpha value is -1.86. The summed E-state index contributed by atoms with van der Waals surface area (Å²) in [7, 11) is -3.60. The van der Waals surface area contributed by atoms with Crippen molar-refractivity contribution in [3.05, 3.63) is 63.6 Å². The van der Waals surface area contributed by atoms with E-state index in [9.17, 15) is 13.2 Å². The minimum absolute atomic E-state index is 0.161. The van der Waals surface area contributed by atoms with E-state index in [1.165, 1.54) is 0 Å². The molecule has 0 saturated heterocycles. The summed E-state index contributed by atoms with van der Waals surface area (Å²) in [6, 6.07) is 13.0. The number of nitrogens with zero attached hydrogens (tertiary/aromatic N) is 1. The van der Waals surface area contributed by atoms with Gasteiger partial charge < -0.3 is 5.32 Å². The van der Waals surface area contributed by atoms with Crippen LogP contribution in [0.5, 0.6) is 0 Å². The zero-order valence-corrected chi connectivity index (χ0v) is 18.4. The first-order chi connectivity index (χ1) is 12.6. The molecule has 1 atom stereocenters. The second-order valence-corrected chi connectivity index (χ2v) is 9.40. The van der Waals surface area contributed by atoms with Gasteiger partial charge in [0, 0.05) is 4.47 Å². The molecule has 0 saturated carbocycles. The minimum Gasteiger partial charge on any atom is -0.348 e. The summed E-state index contributed by atoms with van der Waals surface area (Å²) in [4.78, 5) is 12.6. The van der Waals surface area contributed by atoms with E-state index in [1.807, 2.05) is 45.0 Å². The number of hydrogen-bond donors (Lipinski definition) is 1. The highest BCUT2D eigenvalue weighted by molar-refractivity contribution is 9.10. The minimum atomic E-state index is -3.60. The lowest BCUT2D eigenvalue weighted by Crippen LogP contribution is -2.41. The van der Waals surface area contributed by atoms with Crippen molar-refractivity contribution in [3.63, 3.8) is 0 Å². The first kappa shape index (κ1) is 21.4. The summed E-state index contributed by atoms with van der Waals surface area (Å²) in [5.41, 5.74) is 3.51. The molecule has 0 aliphatic carbocycles. The number of sulfonamides is 1. The molecule has 7 heteroatoms. The number of rotatable bonds is 7. The fourth-order valence-electron chi connectivity index (χ4n) is 2.77. The van der Waals surface area contributed by atoms with Crippen molar-refractivity contribution in [2.75, 3.05) is 17.1 Å². The molecule has 5 nitrogen and oxygen atoms in total. The summed E-state index contributed by atoms with van der Waals surface area (Å²) in [5.74, 6) is -0.339. The van der Waals surface area contributed by atoms with Gasteiger partial charge in [-0.3, -0.25) is 9.10 Å². The van der Waals surface area contributed by atoms with Crippen molar-refractivity contribution in [3.8, 4) is 0 Å². The van der Waals surface area contributed by atoms with E-state index in [0.717, 1.165) is 31.7 Å². The Labute approximate surface area is 170 Å². The van der Waals surface area contributed by atoms with Crippen molar-refractivity contribution < 1.29 is 13.2 Å². The summed E-state index contributed by atoms with van der Waals surface area (Å²) in [5, 5.41) is 2.95. The lowest BCUT2D eigenvalue weighted by atomic mass is 10.0. The Morgan fingerprint density at radius 1 is 1.15 bits per heavy atom. The largest absolute Gasteiger partial charge is 0.348 e. The van der Waals surface area contributed by atoms with E-state index < -0.39 is 10.0 Å². The summed E-state index contributed by atoms with van der Waals surface area (Å²) in [6.07, 6.45) is 1.82. The lowest BCUT2D eigenvalue weighted by Gasteiger charge is -2.24. The van der Waals surface area contributed by atoms with E-state index in [4.69, 9.17) is 0 Å². The van der Waals surface area contributed by atoms with E-state index in [-0.39, 0.29) is 18.5 Å². The quantitative estimate of drug-likeness (QED) is 0.687. The molecule has 0 spiro atoms. The van der Waals surface area contributed by atoms with Crippen LogP contribution in [-0.2, 0) is 14.8 Å². The molecule has 1 unspecified atom stereocenters. The number of aryl methyl sites for hydroxylation is 2. The molecular formula is C20H25BrN2O3S. The van der Waals surface area contributed by atoms with Crippen LogP contribution in [0.15, 0.2) is 46.9 Å². The van der Waals surface area contributed by atoms with Crippen molar-refractivity contribution >= 4 is 37.5 Å². The predicted octanol–water partition coefficient (Wildman–Crippen LogP) is 4.10. The topological polar surface area (TPSA) is 66.5 Å². The molecular weight excluding hydrogens is 428 g/mol. The average molecular weight is 453 g/mol. The summed E-state index contributed by atoms with van der Waals surface area (Å²) >= 11 is 3.41. The molecule has 27 heavy (non-hydrogen) atoms. The first-order valence-corrected chi connectivity index (χ1v) is 11.4. The third-order valence-corrected chi connectivity index (χ3v) is 6.37. The zero-order chi connectivity index (χ0) is 20.2. The molecule has 2 aromatic rings. The molecule has 1 amide bonds. The maximum Gasteiger partial charge on any atom is 0.241 e. The average Bonchev–Trinajstić information content (AvgIpc) is 2.60. The highest BCUT2D eigenvalue weighted by Crippen LogP contribution is 2.25. The van der Waals surface area contributed by atoms with Crippen molar-refractivity contribution in [1.29, 1.82) is 0 Å². The molecule has 0 radical (unpaired) electrons. The Morgan fingerprint density at radius 3 is 2.30 bits per heavy atom. The highest BCUT2D eigenvalue weighted by atomic mass is 79.9. The molecule has 2 aromatic carbocycles. The molecule has 146 valence electrons. The molecule has 2 rings (SSSR count). The van der Waals surface area contributed by atoms with E-state index in [2.05, 4.69) is 21.2 Å². The first-order valence-electron chi connectivity index (χ1n) is 8.71. The predicted molar refractivity (Wildman–Crippen MR) is 113 cm³/mol. The second kappa shape index (κ2) is 8.89. The van der Waals surface area contributed by atoms with Crippen LogP contribution in [0.2, 0.25) is 0 Å². The van der Waals surface area contributed by atoms with Crippen molar-refractivity contribution in [2.24, 2.45) is 0 Å². The van der Waals surface area contributed by atoms with E-state index in [0.29, 0.717) is 12.1 Å². The molecule has 1 N–H and O–H groups in total. The Balaban J connectivity index is 2.20. The number of hydrogen-bond acceptors (Lipinski definition) is 3. The number of benzene rings is 2. The highest BCUT2D eigenvalue weighted by Gasteiger charge is 2.23. The Morgan fingerprint density at radius 2 is 1.78 bits per heavy atom. The van der Waals surface area contributed by atoms with Crippen molar-refractivity contribution in [2.45, 2.75) is 33.2 Å². The Kier molecular flexibility index (Phi) is 7.06. The second-order valence-electron chi connectivity index (χ2n) is 6.64. The van der Waals surface area contributed by atoms with Gasteiger partial charge >= 0.3 is 0 Å². The molecule has 0 bridgehead atoms. The fourth-order valence-corrected chi connectivity index (χ4v) is 3.87. The van der Waals surface area contributed by atoms with Crippen LogP contribution in [0.1, 0.15) is 36.1 Å². The third-order valence-electron chi connectivity index (χ3n) is 4.34. The van der Waals surface area contributed by atoms with Gasteiger partial charge in [0.25, 0.3) is 0 Å². The van der Waals surface area contributed by atoms with Crippen LogP contribution in [0.3, 0.4) is 0 Å². The van der Waals surface area contributed by atoms with Crippen LogP contribution >= 0.6 is 15.9 Å². The van der Waals surface area contributed by atoms with Crippen molar-refractivity contribution in [1.82, 2.24) is 5.32 Å². The molecule has 0 heterocycles. The lowest BCUT2D eigenvalue weighted by molar-refractivity contribution is -0.120. The molecule has 0 aliphatic rings. The maximum absolute atomic E-state index is 12.6. The van der Waals surface area contributed by atoms with Gasteiger partial charge in [-0.25, -0.2) is 8.42 Å². The van der Waals surface area contributed by atoms with Crippen LogP contribution in [0.25, 0.3) is 0 Å². The van der Waals surface area contributed by atoms with Gasteiger partial charge in [-0.1, -0.05) is 52.7 Å².